The van der Waals surface area contributed by atoms with Crippen LogP contribution in [0.15, 0.2) is 60.3 Å². The summed E-state index contributed by atoms with van der Waals surface area (Å²) in [6, 6.07) is 17.5. The summed E-state index contributed by atoms with van der Waals surface area (Å²) in [5, 5.41) is 12.9. The number of aromatic nitrogens is 1. The van der Waals surface area contributed by atoms with Gasteiger partial charge in [-0.05, 0) is 43.3 Å². The van der Waals surface area contributed by atoms with E-state index in [0.717, 1.165) is 26.5 Å². The molecular formula is C19H15N3O2S. The molecule has 0 aliphatic heterocycles. The van der Waals surface area contributed by atoms with E-state index in [0.29, 0.717) is 0 Å². The normalized spacial score (nSPS) is 11.1. The minimum Gasteiger partial charge on any atom is -0.462 e. The third-order valence-corrected chi connectivity index (χ3v) is 4.51. The van der Waals surface area contributed by atoms with Gasteiger partial charge < -0.3 is 10.1 Å². The van der Waals surface area contributed by atoms with Crippen LogP contribution < -0.4 is 5.32 Å². The Hall–Kier alpha value is -3.17. The molecule has 1 heterocycles. The average Bonchev–Trinajstić information content (AvgIpc) is 3.07. The van der Waals surface area contributed by atoms with Gasteiger partial charge in [0.05, 0.1) is 16.8 Å². The van der Waals surface area contributed by atoms with Crippen LogP contribution >= 0.6 is 11.3 Å². The number of nitriles is 1. The number of thiazole rings is 1. The Morgan fingerprint density at radius 1 is 1.28 bits per heavy atom. The fraction of sp³-hybridized carbons (Fsp3) is 0.105. The van der Waals surface area contributed by atoms with Gasteiger partial charge in [0, 0.05) is 17.5 Å². The molecule has 6 heteroatoms. The maximum absolute atomic E-state index is 11.6. The Bertz CT molecular complexity index is 935. The van der Waals surface area contributed by atoms with Crippen LogP contribution in [-0.4, -0.2) is 17.6 Å². The molecule has 1 aromatic heterocycles. The van der Waals surface area contributed by atoms with Gasteiger partial charge in [0.1, 0.15) is 11.1 Å². The number of hydrogen-bond donors (Lipinski definition) is 1. The average molecular weight is 349 g/mol. The van der Waals surface area contributed by atoms with Crippen molar-refractivity contribution in [2.45, 2.75) is 6.92 Å². The van der Waals surface area contributed by atoms with Gasteiger partial charge in [-0.15, -0.1) is 11.3 Å². The molecule has 124 valence electrons. The van der Waals surface area contributed by atoms with Crippen LogP contribution in [0.3, 0.4) is 0 Å². The zero-order valence-electron chi connectivity index (χ0n) is 13.5. The number of nitrogens with one attached hydrogen (secondary N) is 1. The fourth-order valence-electron chi connectivity index (χ4n) is 2.21. The second-order valence-corrected chi connectivity index (χ2v) is 6.13. The van der Waals surface area contributed by atoms with Crippen LogP contribution in [0.5, 0.6) is 0 Å². The smallest absolute Gasteiger partial charge is 0.350 e. The highest BCUT2D eigenvalue weighted by Gasteiger charge is 2.09. The lowest BCUT2D eigenvalue weighted by atomic mass is 10.2. The highest BCUT2D eigenvalue weighted by Crippen LogP contribution is 2.30. The summed E-state index contributed by atoms with van der Waals surface area (Å²) in [5.74, 6) is -0.636. The van der Waals surface area contributed by atoms with Crippen LogP contribution in [0, 0.1) is 11.3 Å². The second-order valence-electron chi connectivity index (χ2n) is 5.10. The van der Waals surface area contributed by atoms with Gasteiger partial charge in [-0.25, -0.2) is 9.78 Å². The summed E-state index contributed by atoms with van der Waals surface area (Å²) in [7, 11) is 0. The molecule has 0 atom stereocenters. The summed E-state index contributed by atoms with van der Waals surface area (Å²) in [6.45, 7) is 1.93. The number of fused-ring (bicyclic) bond motifs is 1. The van der Waals surface area contributed by atoms with Crippen LogP contribution in [0.4, 0.5) is 5.69 Å². The topological polar surface area (TPSA) is 75.0 Å². The number of benzene rings is 2. The first-order chi connectivity index (χ1) is 12.2. The Morgan fingerprint density at radius 3 is 2.72 bits per heavy atom. The van der Waals surface area contributed by atoms with Crippen LogP contribution in [0.2, 0.25) is 0 Å². The van der Waals surface area contributed by atoms with Crippen molar-refractivity contribution in [3.8, 4) is 16.6 Å². The van der Waals surface area contributed by atoms with Crippen LogP contribution in [0.25, 0.3) is 20.8 Å². The zero-order valence-corrected chi connectivity index (χ0v) is 14.3. The van der Waals surface area contributed by atoms with E-state index in [-0.39, 0.29) is 12.2 Å². The molecule has 0 saturated heterocycles. The first-order valence-electron chi connectivity index (χ1n) is 7.71. The minimum absolute atomic E-state index is 0.0721. The molecule has 3 rings (SSSR count). The Balaban J connectivity index is 1.76. The van der Waals surface area contributed by atoms with Crippen molar-refractivity contribution >= 4 is 33.2 Å². The van der Waals surface area contributed by atoms with Gasteiger partial charge in [0.2, 0.25) is 0 Å². The van der Waals surface area contributed by atoms with Gasteiger partial charge in [0.15, 0.2) is 5.57 Å². The number of esters is 1. The molecule has 0 unspecified atom stereocenters. The minimum atomic E-state index is -0.636. The molecule has 2 aromatic carbocycles. The number of carbonyl (C=O) groups excluding carboxylic acids is 1. The quantitative estimate of drug-likeness (QED) is 0.421. The third kappa shape index (κ3) is 3.84. The fourth-order valence-corrected chi connectivity index (χ4v) is 3.18. The molecule has 0 aliphatic rings. The standard InChI is InChI=1S/C19H15N3O2S/c1-2-24-19(23)14(11-20)12-21-15-9-7-13(8-10-15)18-22-16-5-3-4-6-17(16)25-18/h3-10,12,21H,2H2,1H3/b14-12+. The van der Waals surface area contributed by atoms with E-state index in [2.05, 4.69) is 16.4 Å². The molecule has 0 fully saturated rings. The number of rotatable bonds is 5. The van der Waals surface area contributed by atoms with Crippen molar-refractivity contribution in [3.63, 3.8) is 0 Å². The number of para-hydroxylation sites is 1. The third-order valence-electron chi connectivity index (χ3n) is 3.42. The summed E-state index contributed by atoms with van der Waals surface area (Å²) in [6.07, 6.45) is 1.35. The van der Waals surface area contributed by atoms with Crippen molar-refractivity contribution in [1.29, 1.82) is 5.26 Å². The molecule has 0 radical (unpaired) electrons. The number of anilines is 1. The zero-order chi connectivity index (χ0) is 17.6. The molecule has 0 bridgehead atoms. The molecule has 1 N–H and O–H groups in total. The lowest BCUT2D eigenvalue weighted by molar-refractivity contribution is -0.138. The summed E-state index contributed by atoms with van der Waals surface area (Å²) in [4.78, 5) is 16.2. The number of ether oxygens (including phenoxy) is 1. The molecule has 0 spiro atoms. The van der Waals surface area contributed by atoms with E-state index in [9.17, 15) is 4.79 Å². The van der Waals surface area contributed by atoms with Gasteiger partial charge in [0.25, 0.3) is 0 Å². The maximum atomic E-state index is 11.6. The Kier molecular flexibility index (Phi) is 5.07. The van der Waals surface area contributed by atoms with Gasteiger partial charge >= 0.3 is 5.97 Å². The molecule has 0 amide bonds. The SMILES string of the molecule is CCOC(=O)/C(C#N)=C/Nc1ccc(-c2nc3ccccc3s2)cc1. The highest BCUT2D eigenvalue weighted by molar-refractivity contribution is 7.21. The van der Waals surface area contributed by atoms with E-state index in [1.807, 2.05) is 48.5 Å². The molecule has 3 aromatic rings. The monoisotopic (exact) mass is 349 g/mol. The van der Waals surface area contributed by atoms with Crippen molar-refractivity contribution in [2.75, 3.05) is 11.9 Å². The van der Waals surface area contributed by atoms with E-state index in [4.69, 9.17) is 10.00 Å². The molecular weight excluding hydrogens is 334 g/mol. The second kappa shape index (κ2) is 7.60. The summed E-state index contributed by atoms with van der Waals surface area (Å²) >= 11 is 1.64. The Morgan fingerprint density at radius 2 is 2.04 bits per heavy atom. The predicted molar refractivity (Wildman–Crippen MR) is 99.0 cm³/mol. The van der Waals surface area contributed by atoms with Gasteiger partial charge in [-0.3, -0.25) is 0 Å². The Labute approximate surface area is 149 Å². The lowest BCUT2D eigenvalue weighted by Crippen LogP contribution is -2.07. The number of carbonyl (C=O) groups is 1. The van der Waals surface area contributed by atoms with Crippen molar-refractivity contribution in [3.05, 3.63) is 60.3 Å². The highest BCUT2D eigenvalue weighted by atomic mass is 32.1. The summed E-state index contributed by atoms with van der Waals surface area (Å²) in [5.41, 5.74) is 2.70. The molecule has 0 saturated carbocycles. The molecule has 0 aliphatic carbocycles. The van der Waals surface area contributed by atoms with E-state index in [1.165, 1.54) is 6.20 Å². The molecule has 5 nitrogen and oxygen atoms in total. The molecule has 25 heavy (non-hydrogen) atoms. The largest absolute Gasteiger partial charge is 0.462 e. The van der Waals surface area contributed by atoms with Crippen LogP contribution in [0.1, 0.15) is 6.92 Å². The maximum Gasteiger partial charge on any atom is 0.350 e. The van der Waals surface area contributed by atoms with Crippen LogP contribution in [-0.2, 0) is 9.53 Å². The van der Waals surface area contributed by atoms with E-state index in [1.54, 1.807) is 18.3 Å². The summed E-state index contributed by atoms with van der Waals surface area (Å²) < 4.78 is 5.96. The lowest BCUT2D eigenvalue weighted by Gasteiger charge is -2.03. The predicted octanol–water partition coefficient (Wildman–Crippen LogP) is 4.35. The number of nitrogens with zero attached hydrogens (tertiary/aromatic N) is 2. The van der Waals surface area contributed by atoms with Crippen molar-refractivity contribution in [2.24, 2.45) is 0 Å². The van der Waals surface area contributed by atoms with Crippen molar-refractivity contribution in [1.82, 2.24) is 4.98 Å². The number of hydrogen-bond acceptors (Lipinski definition) is 6. The van der Waals surface area contributed by atoms with E-state index >= 15 is 0 Å². The first kappa shape index (κ1) is 16.7. The van der Waals surface area contributed by atoms with E-state index < -0.39 is 5.97 Å². The first-order valence-corrected chi connectivity index (χ1v) is 8.53. The van der Waals surface area contributed by atoms with Crippen molar-refractivity contribution < 1.29 is 9.53 Å². The van der Waals surface area contributed by atoms with Gasteiger partial charge in [-0.1, -0.05) is 12.1 Å². The van der Waals surface area contributed by atoms with Gasteiger partial charge in [-0.2, -0.15) is 5.26 Å².